The molecule has 6 nitrogen and oxygen atoms in total. The quantitative estimate of drug-likeness (QED) is 0.853. The number of carbonyl (C=O) groups is 2. The van der Waals surface area contributed by atoms with E-state index in [0.717, 1.165) is 12.2 Å². The number of amides is 1. The molecule has 110 valence electrons. The van der Waals surface area contributed by atoms with Gasteiger partial charge in [-0.05, 0) is 36.4 Å². The van der Waals surface area contributed by atoms with Gasteiger partial charge in [0.2, 0.25) is 0 Å². The number of carboxylic acid groups (broad SMARTS) is 1. The van der Waals surface area contributed by atoms with Gasteiger partial charge >= 0.3 is 5.97 Å². The Morgan fingerprint density at radius 2 is 1.90 bits per heavy atom. The number of aliphatic carboxylic acids is 1. The van der Waals surface area contributed by atoms with E-state index in [1.54, 1.807) is 36.4 Å². The summed E-state index contributed by atoms with van der Waals surface area (Å²) in [6.45, 7) is 1.54. The molecule has 0 aliphatic carbocycles. The third kappa shape index (κ3) is 4.10. The zero-order valence-electron chi connectivity index (χ0n) is 11.5. The Morgan fingerprint density at radius 3 is 2.48 bits per heavy atom. The highest BCUT2D eigenvalue weighted by atomic mass is 16.5. The van der Waals surface area contributed by atoms with E-state index in [1.807, 2.05) is 6.92 Å². The lowest BCUT2D eigenvalue weighted by Gasteiger charge is -2.06. The van der Waals surface area contributed by atoms with Crippen molar-refractivity contribution < 1.29 is 23.8 Å². The number of aryl methyl sites for hydroxylation is 1. The van der Waals surface area contributed by atoms with Gasteiger partial charge < -0.3 is 19.6 Å². The zero-order chi connectivity index (χ0) is 15.2. The molecule has 1 heterocycles. The summed E-state index contributed by atoms with van der Waals surface area (Å²) >= 11 is 0. The van der Waals surface area contributed by atoms with E-state index in [-0.39, 0.29) is 11.7 Å². The Morgan fingerprint density at radius 1 is 1.19 bits per heavy atom. The second kappa shape index (κ2) is 6.60. The van der Waals surface area contributed by atoms with Gasteiger partial charge in [-0.3, -0.25) is 4.79 Å². The van der Waals surface area contributed by atoms with Gasteiger partial charge in [0, 0.05) is 12.1 Å². The number of carbonyl (C=O) groups excluding carboxylic acids is 1. The van der Waals surface area contributed by atoms with Gasteiger partial charge in [0.1, 0.15) is 11.5 Å². The predicted octanol–water partition coefficient (Wildman–Crippen LogP) is 2.56. The molecule has 0 aliphatic heterocycles. The van der Waals surface area contributed by atoms with Crippen molar-refractivity contribution in [1.82, 2.24) is 0 Å². The molecule has 0 fully saturated rings. The van der Waals surface area contributed by atoms with Crippen molar-refractivity contribution in [3.63, 3.8) is 0 Å². The number of ether oxygens (including phenoxy) is 1. The first-order valence-electron chi connectivity index (χ1n) is 6.43. The van der Waals surface area contributed by atoms with Crippen LogP contribution in [0.2, 0.25) is 0 Å². The van der Waals surface area contributed by atoms with Crippen molar-refractivity contribution in [3.05, 3.63) is 47.9 Å². The van der Waals surface area contributed by atoms with Crippen molar-refractivity contribution in [2.75, 3.05) is 11.9 Å². The van der Waals surface area contributed by atoms with E-state index in [0.29, 0.717) is 11.4 Å². The highest BCUT2D eigenvalue weighted by Gasteiger charge is 2.11. The Hall–Kier alpha value is -2.76. The number of nitrogens with one attached hydrogen (secondary N) is 1. The van der Waals surface area contributed by atoms with Crippen LogP contribution < -0.4 is 10.1 Å². The Bertz CT molecular complexity index is 630. The van der Waals surface area contributed by atoms with E-state index in [9.17, 15) is 9.59 Å². The first kappa shape index (κ1) is 14.6. The van der Waals surface area contributed by atoms with Gasteiger partial charge in [-0.15, -0.1) is 0 Å². The predicted molar refractivity (Wildman–Crippen MR) is 75.6 cm³/mol. The maximum atomic E-state index is 11.9. The zero-order valence-corrected chi connectivity index (χ0v) is 11.5. The largest absolute Gasteiger partial charge is 0.482 e. The number of benzene rings is 1. The fourth-order valence-corrected chi connectivity index (χ4v) is 1.66. The number of anilines is 1. The molecule has 0 saturated heterocycles. The summed E-state index contributed by atoms with van der Waals surface area (Å²) in [4.78, 5) is 22.3. The van der Waals surface area contributed by atoms with Crippen molar-refractivity contribution in [3.8, 4) is 5.75 Å². The van der Waals surface area contributed by atoms with Gasteiger partial charge in [-0.25, -0.2) is 4.79 Å². The lowest BCUT2D eigenvalue weighted by atomic mass is 10.3. The second-order valence-electron chi connectivity index (χ2n) is 4.28. The average Bonchev–Trinajstić information content (AvgIpc) is 2.95. The summed E-state index contributed by atoms with van der Waals surface area (Å²) in [6, 6.07) is 9.80. The summed E-state index contributed by atoms with van der Waals surface area (Å²) in [5.41, 5.74) is 0.567. The van der Waals surface area contributed by atoms with Crippen LogP contribution in [-0.4, -0.2) is 23.6 Å². The summed E-state index contributed by atoms with van der Waals surface area (Å²) < 4.78 is 10.4. The monoisotopic (exact) mass is 289 g/mol. The Labute approximate surface area is 121 Å². The minimum absolute atomic E-state index is 0.248. The summed E-state index contributed by atoms with van der Waals surface area (Å²) in [7, 11) is 0. The normalized spacial score (nSPS) is 10.1. The Balaban J connectivity index is 1.96. The van der Waals surface area contributed by atoms with Crippen LogP contribution in [0.15, 0.2) is 40.8 Å². The van der Waals surface area contributed by atoms with Crippen LogP contribution in [0.3, 0.4) is 0 Å². The molecule has 0 spiro atoms. The molecule has 6 heteroatoms. The van der Waals surface area contributed by atoms with Gasteiger partial charge in [0.05, 0.1) is 0 Å². The molecule has 2 rings (SSSR count). The number of furan rings is 1. The first-order valence-corrected chi connectivity index (χ1v) is 6.43. The molecule has 1 amide bonds. The van der Waals surface area contributed by atoms with Crippen LogP contribution >= 0.6 is 0 Å². The molecule has 0 atom stereocenters. The summed E-state index contributed by atoms with van der Waals surface area (Å²) in [6.07, 6.45) is 0.725. The summed E-state index contributed by atoms with van der Waals surface area (Å²) in [5.74, 6) is 0.0307. The van der Waals surface area contributed by atoms with Crippen LogP contribution in [0, 0.1) is 0 Å². The van der Waals surface area contributed by atoms with E-state index in [1.165, 1.54) is 0 Å². The van der Waals surface area contributed by atoms with Crippen LogP contribution in [0.1, 0.15) is 23.2 Å². The van der Waals surface area contributed by atoms with Crippen molar-refractivity contribution in [1.29, 1.82) is 0 Å². The van der Waals surface area contributed by atoms with Crippen molar-refractivity contribution >= 4 is 17.6 Å². The lowest BCUT2D eigenvalue weighted by Crippen LogP contribution is -2.11. The fraction of sp³-hybridized carbons (Fsp3) is 0.200. The molecule has 1 aromatic carbocycles. The standard InChI is InChI=1S/C15H15NO5/c1-2-11-7-8-13(21-11)15(19)16-10-3-5-12(6-4-10)20-9-14(17)18/h3-8H,2,9H2,1H3,(H,16,19)(H,17,18). The SMILES string of the molecule is CCc1ccc(C(=O)Nc2ccc(OCC(=O)O)cc2)o1. The molecular formula is C15H15NO5. The van der Waals surface area contributed by atoms with E-state index in [2.05, 4.69) is 5.32 Å². The van der Waals surface area contributed by atoms with Crippen LogP contribution in [-0.2, 0) is 11.2 Å². The van der Waals surface area contributed by atoms with E-state index in [4.69, 9.17) is 14.3 Å². The molecule has 2 aromatic rings. The van der Waals surface area contributed by atoms with E-state index >= 15 is 0 Å². The molecule has 0 aliphatic rings. The number of hydrogen-bond acceptors (Lipinski definition) is 4. The minimum Gasteiger partial charge on any atom is -0.482 e. The van der Waals surface area contributed by atoms with Gasteiger partial charge in [-0.2, -0.15) is 0 Å². The smallest absolute Gasteiger partial charge is 0.341 e. The first-order chi connectivity index (χ1) is 10.1. The third-order valence-corrected chi connectivity index (χ3v) is 2.71. The molecule has 1 aromatic heterocycles. The number of carboxylic acids is 1. The van der Waals surface area contributed by atoms with Crippen LogP contribution in [0.4, 0.5) is 5.69 Å². The van der Waals surface area contributed by atoms with E-state index < -0.39 is 12.6 Å². The highest BCUT2D eigenvalue weighted by molar-refractivity contribution is 6.02. The van der Waals surface area contributed by atoms with Gasteiger partial charge in [0.15, 0.2) is 12.4 Å². The van der Waals surface area contributed by atoms with Gasteiger partial charge in [-0.1, -0.05) is 6.92 Å². The van der Waals surface area contributed by atoms with Gasteiger partial charge in [0.25, 0.3) is 5.91 Å². The molecule has 0 unspecified atom stereocenters. The molecule has 0 bridgehead atoms. The molecule has 0 radical (unpaired) electrons. The second-order valence-corrected chi connectivity index (χ2v) is 4.28. The van der Waals surface area contributed by atoms with Crippen molar-refractivity contribution in [2.45, 2.75) is 13.3 Å². The highest BCUT2D eigenvalue weighted by Crippen LogP contribution is 2.17. The topological polar surface area (TPSA) is 88.8 Å². The lowest BCUT2D eigenvalue weighted by molar-refractivity contribution is -0.139. The summed E-state index contributed by atoms with van der Waals surface area (Å²) in [5, 5.41) is 11.2. The number of rotatable bonds is 6. The maximum absolute atomic E-state index is 11.9. The molecule has 21 heavy (non-hydrogen) atoms. The van der Waals surface area contributed by atoms with Crippen LogP contribution in [0.25, 0.3) is 0 Å². The van der Waals surface area contributed by atoms with Crippen LogP contribution in [0.5, 0.6) is 5.75 Å². The molecule has 2 N–H and O–H groups in total. The Kier molecular flexibility index (Phi) is 4.61. The molecule has 0 saturated carbocycles. The third-order valence-electron chi connectivity index (χ3n) is 2.71. The fourth-order valence-electron chi connectivity index (χ4n) is 1.66. The minimum atomic E-state index is -1.04. The molecular weight excluding hydrogens is 274 g/mol. The maximum Gasteiger partial charge on any atom is 0.341 e. The average molecular weight is 289 g/mol. The number of hydrogen-bond donors (Lipinski definition) is 2. The van der Waals surface area contributed by atoms with Crippen molar-refractivity contribution in [2.24, 2.45) is 0 Å².